The third-order valence-corrected chi connectivity index (χ3v) is 0.766. The highest BCUT2D eigenvalue weighted by Crippen LogP contribution is 2.07. The number of ether oxygens (including phenoxy) is 1. The molecule has 2 heteroatoms. The van der Waals surface area contributed by atoms with Crippen molar-refractivity contribution in [2.24, 2.45) is 0 Å². The lowest BCUT2D eigenvalue weighted by Gasteiger charge is -1.96. The zero-order valence-corrected chi connectivity index (χ0v) is 5.07. The molecular weight excluding hydrogens is 107 g/mol. The first-order valence-corrected chi connectivity index (χ1v) is 2.27. The lowest BCUT2D eigenvalue weighted by Crippen LogP contribution is -1.82. The molecule has 0 aromatic rings. The number of rotatable bonds is 2. The second kappa shape index (κ2) is 3.24. The minimum atomic E-state index is -0.410. The summed E-state index contributed by atoms with van der Waals surface area (Å²) in [5.74, 6) is -0.333. The summed E-state index contributed by atoms with van der Waals surface area (Å²) in [6, 6.07) is 0. The standard InChI is InChI=1S/C6H9FO/c1-4-6(7)5(2)8-3/h4H,2H2,1,3H3. The van der Waals surface area contributed by atoms with Crippen LogP contribution < -0.4 is 0 Å². The van der Waals surface area contributed by atoms with E-state index in [4.69, 9.17) is 0 Å². The Hall–Kier alpha value is -0.790. The van der Waals surface area contributed by atoms with Gasteiger partial charge in [-0.25, -0.2) is 4.39 Å². The number of allylic oxidation sites excluding steroid dienone is 2. The van der Waals surface area contributed by atoms with Crippen molar-refractivity contribution in [1.82, 2.24) is 0 Å². The topological polar surface area (TPSA) is 9.23 Å². The molecular formula is C6H9FO. The van der Waals surface area contributed by atoms with E-state index in [1.807, 2.05) is 0 Å². The molecule has 0 fully saturated rings. The second-order valence-corrected chi connectivity index (χ2v) is 1.26. The summed E-state index contributed by atoms with van der Waals surface area (Å²) in [5, 5.41) is 0. The van der Waals surface area contributed by atoms with Crippen LogP contribution in [0.1, 0.15) is 6.92 Å². The minimum Gasteiger partial charge on any atom is -0.494 e. The molecule has 0 heterocycles. The molecule has 0 aliphatic rings. The van der Waals surface area contributed by atoms with Gasteiger partial charge < -0.3 is 4.74 Å². The van der Waals surface area contributed by atoms with Crippen molar-refractivity contribution >= 4 is 0 Å². The molecule has 0 amide bonds. The Morgan fingerprint density at radius 1 is 1.75 bits per heavy atom. The Morgan fingerprint density at radius 3 is 2.38 bits per heavy atom. The van der Waals surface area contributed by atoms with Gasteiger partial charge in [0.1, 0.15) is 5.76 Å². The van der Waals surface area contributed by atoms with E-state index in [9.17, 15) is 4.39 Å². The van der Waals surface area contributed by atoms with Gasteiger partial charge in [-0.1, -0.05) is 6.58 Å². The van der Waals surface area contributed by atoms with Gasteiger partial charge in [0, 0.05) is 0 Å². The summed E-state index contributed by atoms with van der Waals surface area (Å²) in [6.07, 6.45) is 1.30. The summed E-state index contributed by atoms with van der Waals surface area (Å²) in [6.45, 7) is 4.86. The van der Waals surface area contributed by atoms with E-state index >= 15 is 0 Å². The first-order chi connectivity index (χ1) is 3.72. The van der Waals surface area contributed by atoms with Gasteiger partial charge in [-0.2, -0.15) is 0 Å². The van der Waals surface area contributed by atoms with Crippen LogP contribution in [0.4, 0.5) is 4.39 Å². The normalized spacial score (nSPS) is 11.1. The monoisotopic (exact) mass is 116 g/mol. The van der Waals surface area contributed by atoms with Gasteiger partial charge in [0.2, 0.25) is 0 Å². The molecule has 0 bridgehead atoms. The van der Waals surface area contributed by atoms with Crippen molar-refractivity contribution in [1.29, 1.82) is 0 Å². The highest BCUT2D eigenvalue weighted by molar-refractivity contribution is 5.13. The number of methoxy groups -OCH3 is 1. The second-order valence-electron chi connectivity index (χ2n) is 1.26. The Morgan fingerprint density at radius 2 is 2.25 bits per heavy atom. The molecule has 0 N–H and O–H groups in total. The van der Waals surface area contributed by atoms with E-state index < -0.39 is 5.83 Å². The number of hydrogen-bond acceptors (Lipinski definition) is 1. The molecule has 0 aromatic carbocycles. The molecule has 0 spiro atoms. The van der Waals surface area contributed by atoms with Gasteiger partial charge in [0.25, 0.3) is 0 Å². The van der Waals surface area contributed by atoms with Crippen LogP contribution in [-0.4, -0.2) is 7.11 Å². The molecule has 8 heavy (non-hydrogen) atoms. The van der Waals surface area contributed by atoms with Crippen molar-refractivity contribution in [2.75, 3.05) is 7.11 Å². The number of halogens is 1. The first-order valence-electron chi connectivity index (χ1n) is 2.27. The SMILES string of the molecule is C=C(OC)C(F)=CC. The van der Waals surface area contributed by atoms with Gasteiger partial charge in [-0.05, 0) is 13.0 Å². The van der Waals surface area contributed by atoms with E-state index in [0.717, 1.165) is 0 Å². The van der Waals surface area contributed by atoms with Gasteiger partial charge in [0.15, 0.2) is 5.83 Å². The fourth-order valence-electron chi connectivity index (χ4n) is 0.258. The quantitative estimate of drug-likeness (QED) is 0.396. The Labute approximate surface area is 48.5 Å². The predicted octanol–water partition coefficient (Wildman–Crippen LogP) is 2.02. The lowest BCUT2D eigenvalue weighted by atomic mass is 10.4. The fraction of sp³-hybridized carbons (Fsp3) is 0.333. The van der Waals surface area contributed by atoms with Crippen LogP contribution in [0.15, 0.2) is 24.2 Å². The molecule has 0 saturated heterocycles. The average Bonchev–Trinajstić information content (AvgIpc) is 1.84. The minimum absolute atomic E-state index is 0.0764. The van der Waals surface area contributed by atoms with Gasteiger partial charge in [-0.3, -0.25) is 0 Å². The maximum Gasteiger partial charge on any atom is 0.160 e. The van der Waals surface area contributed by atoms with E-state index in [2.05, 4.69) is 11.3 Å². The van der Waals surface area contributed by atoms with Crippen LogP contribution in [0.2, 0.25) is 0 Å². The summed E-state index contributed by atoms with van der Waals surface area (Å²) < 4.78 is 16.6. The van der Waals surface area contributed by atoms with Gasteiger partial charge >= 0.3 is 0 Å². The molecule has 0 aromatic heterocycles. The van der Waals surface area contributed by atoms with Crippen LogP contribution in [0.5, 0.6) is 0 Å². The summed E-state index contributed by atoms with van der Waals surface area (Å²) >= 11 is 0. The Balaban J connectivity index is 3.83. The van der Waals surface area contributed by atoms with Crippen LogP contribution in [0, 0.1) is 0 Å². The molecule has 0 radical (unpaired) electrons. The molecule has 0 atom stereocenters. The third-order valence-electron chi connectivity index (χ3n) is 0.766. The van der Waals surface area contributed by atoms with Crippen LogP contribution in [0.3, 0.4) is 0 Å². The van der Waals surface area contributed by atoms with Crippen LogP contribution >= 0.6 is 0 Å². The molecule has 0 saturated carbocycles. The number of hydrogen-bond donors (Lipinski definition) is 0. The first kappa shape index (κ1) is 7.21. The van der Waals surface area contributed by atoms with Crippen molar-refractivity contribution in [2.45, 2.75) is 6.92 Å². The Bertz CT molecular complexity index is 116. The molecule has 0 aliphatic heterocycles. The van der Waals surface area contributed by atoms with E-state index in [-0.39, 0.29) is 5.76 Å². The molecule has 1 nitrogen and oxygen atoms in total. The zero-order chi connectivity index (χ0) is 6.57. The van der Waals surface area contributed by atoms with Crippen molar-refractivity contribution in [3.63, 3.8) is 0 Å². The van der Waals surface area contributed by atoms with E-state index in [0.29, 0.717) is 0 Å². The molecule has 46 valence electrons. The molecule has 0 unspecified atom stereocenters. The average molecular weight is 116 g/mol. The van der Waals surface area contributed by atoms with E-state index in [1.54, 1.807) is 6.92 Å². The van der Waals surface area contributed by atoms with Crippen molar-refractivity contribution < 1.29 is 9.13 Å². The van der Waals surface area contributed by atoms with Gasteiger partial charge in [0.05, 0.1) is 7.11 Å². The van der Waals surface area contributed by atoms with E-state index in [1.165, 1.54) is 13.2 Å². The van der Waals surface area contributed by atoms with Crippen LogP contribution in [-0.2, 0) is 4.74 Å². The maximum atomic E-state index is 12.2. The predicted molar refractivity (Wildman–Crippen MR) is 31.0 cm³/mol. The molecule has 0 aliphatic carbocycles. The Kier molecular flexibility index (Phi) is 2.92. The van der Waals surface area contributed by atoms with Crippen LogP contribution in [0.25, 0.3) is 0 Å². The summed E-state index contributed by atoms with van der Waals surface area (Å²) in [7, 11) is 1.38. The largest absolute Gasteiger partial charge is 0.494 e. The molecule has 0 rings (SSSR count). The zero-order valence-electron chi connectivity index (χ0n) is 5.07. The maximum absolute atomic E-state index is 12.2. The van der Waals surface area contributed by atoms with Gasteiger partial charge in [-0.15, -0.1) is 0 Å². The third kappa shape index (κ3) is 1.78. The van der Waals surface area contributed by atoms with Crippen molar-refractivity contribution in [3.8, 4) is 0 Å². The summed E-state index contributed by atoms with van der Waals surface area (Å²) in [5.41, 5.74) is 0. The smallest absolute Gasteiger partial charge is 0.160 e. The van der Waals surface area contributed by atoms with Crippen molar-refractivity contribution in [3.05, 3.63) is 24.2 Å². The lowest BCUT2D eigenvalue weighted by molar-refractivity contribution is 0.285. The highest BCUT2D eigenvalue weighted by Gasteiger charge is 1.95. The fourth-order valence-corrected chi connectivity index (χ4v) is 0.258. The highest BCUT2D eigenvalue weighted by atomic mass is 19.1. The summed E-state index contributed by atoms with van der Waals surface area (Å²) in [4.78, 5) is 0.